The van der Waals surface area contributed by atoms with Gasteiger partial charge in [0.05, 0.1) is 0 Å². The molecule has 0 aromatic carbocycles. The third-order valence-electron chi connectivity index (χ3n) is 3.04. The highest BCUT2D eigenvalue weighted by Gasteiger charge is 2.46. The summed E-state index contributed by atoms with van der Waals surface area (Å²) < 4.78 is 0. The molecule has 0 atom stereocenters. The Morgan fingerprint density at radius 1 is 1.42 bits per heavy atom. The molecule has 0 aliphatic heterocycles. The van der Waals surface area contributed by atoms with Gasteiger partial charge in [-0.05, 0) is 32.1 Å². The third kappa shape index (κ3) is 2.33. The molecule has 0 unspecified atom stereocenters. The number of hydrogen-bond donors (Lipinski definition) is 0. The Morgan fingerprint density at radius 2 is 2.00 bits per heavy atom. The summed E-state index contributed by atoms with van der Waals surface area (Å²) in [6.07, 6.45) is 5.95. The predicted octanol–water partition coefficient (Wildman–Crippen LogP) is 3.18. The molecule has 0 amide bonds. The van der Waals surface area contributed by atoms with Crippen molar-refractivity contribution in [3.63, 3.8) is 0 Å². The summed E-state index contributed by atoms with van der Waals surface area (Å²) in [6.45, 7) is 6.24. The van der Waals surface area contributed by atoms with E-state index < -0.39 is 0 Å². The van der Waals surface area contributed by atoms with E-state index >= 15 is 0 Å². The van der Waals surface area contributed by atoms with E-state index in [0.717, 1.165) is 25.2 Å². The third-order valence-corrected chi connectivity index (χ3v) is 3.04. The smallest absolute Gasteiger partial charge is 0.135 e. The zero-order valence-corrected chi connectivity index (χ0v) is 8.52. The first-order chi connectivity index (χ1) is 5.57. The number of Topliss-reactive ketones (excluding diaryl/α,β-unsaturated/α-hetero) is 1. The average Bonchev–Trinajstić information content (AvgIpc) is 2.68. The van der Waals surface area contributed by atoms with E-state index in [1.807, 2.05) is 0 Å². The molecule has 1 saturated carbocycles. The first kappa shape index (κ1) is 9.76. The Balaban J connectivity index is 2.19. The zero-order valence-electron chi connectivity index (χ0n) is 8.52. The van der Waals surface area contributed by atoms with Crippen molar-refractivity contribution < 1.29 is 4.79 Å². The first-order valence-electron chi connectivity index (χ1n) is 5.08. The van der Waals surface area contributed by atoms with E-state index in [1.54, 1.807) is 6.92 Å². The van der Waals surface area contributed by atoms with Gasteiger partial charge in [-0.1, -0.05) is 26.7 Å². The van der Waals surface area contributed by atoms with Crippen LogP contribution in [0.4, 0.5) is 0 Å². The maximum atomic E-state index is 11.2. The largest absolute Gasteiger partial charge is 0.299 e. The summed E-state index contributed by atoms with van der Waals surface area (Å²) in [5, 5.41) is 0. The minimum atomic E-state index is 0.148. The van der Waals surface area contributed by atoms with Crippen LogP contribution in [0.5, 0.6) is 0 Å². The molecule has 0 radical (unpaired) electrons. The van der Waals surface area contributed by atoms with E-state index in [-0.39, 0.29) is 5.41 Å². The van der Waals surface area contributed by atoms with Crippen LogP contribution in [0.25, 0.3) is 0 Å². The van der Waals surface area contributed by atoms with Crippen molar-refractivity contribution in [3.05, 3.63) is 0 Å². The first-order valence-corrected chi connectivity index (χ1v) is 5.08. The maximum Gasteiger partial charge on any atom is 0.135 e. The number of carbonyl (C=O) groups is 1. The summed E-state index contributed by atoms with van der Waals surface area (Å²) in [6, 6.07) is 0. The number of carbonyl (C=O) groups excluding carboxylic acids is 1. The molecule has 0 saturated heterocycles. The average molecular weight is 168 g/mol. The van der Waals surface area contributed by atoms with Crippen LogP contribution in [0, 0.1) is 11.3 Å². The lowest BCUT2D eigenvalue weighted by Gasteiger charge is -2.11. The fourth-order valence-corrected chi connectivity index (χ4v) is 1.78. The van der Waals surface area contributed by atoms with Gasteiger partial charge in [-0.25, -0.2) is 0 Å². The summed E-state index contributed by atoms with van der Waals surface area (Å²) in [5.74, 6) is 1.21. The van der Waals surface area contributed by atoms with Crippen LogP contribution >= 0.6 is 0 Å². The molecule has 1 nitrogen and oxygen atoms in total. The molecule has 1 fully saturated rings. The lowest BCUT2D eigenvalue weighted by Crippen LogP contribution is -2.11. The van der Waals surface area contributed by atoms with E-state index in [1.165, 1.54) is 12.8 Å². The lowest BCUT2D eigenvalue weighted by atomic mass is 9.93. The molecule has 1 heteroatoms. The molecule has 0 heterocycles. The van der Waals surface area contributed by atoms with Gasteiger partial charge >= 0.3 is 0 Å². The molecule has 0 bridgehead atoms. The molecular formula is C11H20O. The molecule has 1 aliphatic rings. The van der Waals surface area contributed by atoms with E-state index in [2.05, 4.69) is 13.8 Å². The minimum absolute atomic E-state index is 0.148. The number of rotatable bonds is 5. The Labute approximate surface area is 75.5 Å². The Hall–Kier alpha value is -0.330. The summed E-state index contributed by atoms with van der Waals surface area (Å²) in [7, 11) is 0. The molecule has 0 aromatic rings. The minimum Gasteiger partial charge on any atom is -0.299 e. The van der Waals surface area contributed by atoms with Crippen molar-refractivity contribution in [1.82, 2.24) is 0 Å². The molecule has 0 N–H and O–H groups in total. The molecule has 1 rings (SSSR count). The van der Waals surface area contributed by atoms with Crippen molar-refractivity contribution in [1.29, 1.82) is 0 Å². The molecule has 0 spiro atoms. The van der Waals surface area contributed by atoms with Crippen LogP contribution < -0.4 is 0 Å². The standard InChI is InChI=1S/C11H20O/c1-9(2)5-4-6-11(7-8-11)10(3)12/h9H,4-8H2,1-3H3. The van der Waals surface area contributed by atoms with Crippen molar-refractivity contribution in [3.8, 4) is 0 Å². The summed E-state index contributed by atoms with van der Waals surface area (Å²) in [5.41, 5.74) is 0.148. The summed E-state index contributed by atoms with van der Waals surface area (Å²) >= 11 is 0. The number of hydrogen-bond acceptors (Lipinski definition) is 1. The van der Waals surface area contributed by atoms with Gasteiger partial charge < -0.3 is 0 Å². The Morgan fingerprint density at radius 3 is 2.33 bits per heavy atom. The molecular weight excluding hydrogens is 148 g/mol. The second kappa shape index (κ2) is 3.59. The van der Waals surface area contributed by atoms with Crippen molar-refractivity contribution in [2.45, 2.75) is 52.9 Å². The zero-order chi connectivity index (χ0) is 9.19. The Kier molecular flexibility index (Phi) is 2.92. The highest BCUT2D eigenvalue weighted by Crippen LogP contribution is 2.50. The van der Waals surface area contributed by atoms with Gasteiger partial charge in [0.2, 0.25) is 0 Å². The summed E-state index contributed by atoms with van der Waals surface area (Å²) in [4.78, 5) is 11.2. The van der Waals surface area contributed by atoms with Gasteiger partial charge in [-0.15, -0.1) is 0 Å². The molecule has 12 heavy (non-hydrogen) atoms. The molecule has 1 aliphatic carbocycles. The van der Waals surface area contributed by atoms with Gasteiger partial charge in [-0.2, -0.15) is 0 Å². The van der Waals surface area contributed by atoms with Crippen LogP contribution in [-0.4, -0.2) is 5.78 Å². The normalized spacial score (nSPS) is 19.7. The number of ketones is 1. The van der Waals surface area contributed by atoms with Crippen molar-refractivity contribution >= 4 is 5.78 Å². The second-order valence-corrected chi connectivity index (χ2v) is 4.62. The lowest BCUT2D eigenvalue weighted by molar-refractivity contribution is -0.122. The van der Waals surface area contributed by atoms with Gasteiger partial charge in [0.25, 0.3) is 0 Å². The van der Waals surface area contributed by atoms with Gasteiger partial charge in [0.15, 0.2) is 0 Å². The van der Waals surface area contributed by atoms with Crippen LogP contribution in [0.1, 0.15) is 52.9 Å². The molecule has 70 valence electrons. The Bertz CT molecular complexity index is 166. The SMILES string of the molecule is CC(=O)C1(CCCC(C)C)CC1. The van der Waals surface area contributed by atoms with E-state index in [4.69, 9.17) is 0 Å². The quantitative estimate of drug-likeness (QED) is 0.616. The highest BCUT2D eigenvalue weighted by molar-refractivity contribution is 5.84. The fourth-order valence-electron chi connectivity index (χ4n) is 1.78. The van der Waals surface area contributed by atoms with Crippen LogP contribution in [0.2, 0.25) is 0 Å². The second-order valence-electron chi connectivity index (χ2n) is 4.62. The van der Waals surface area contributed by atoms with Crippen LogP contribution in [-0.2, 0) is 4.79 Å². The van der Waals surface area contributed by atoms with Gasteiger partial charge in [-0.3, -0.25) is 4.79 Å². The van der Waals surface area contributed by atoms with E-state index in [0.29, 0.717) is 5.78 Å². The maximum absolute atomic E-state index is 11.2. The van der Waals surface area contributed by atoms with Crippen molar-refractivity contribution in [2.24, 2.45) is 11.3 Å². The predicted molar refractivity (Wildman–Crippen MR) is 51.0 cm³/mol. The van der Waals surface area contributed by atoms with Crippen molar-refractivity contribution in [2.75, 3.05) is 0 Å². The van der Waals surface area contributed by atoms with E-state index in [9.17, 15) is 4.79 Å². The highest BCUT2D eigenvalue weighted by atomic mass is 16.1. The monoisotopic (exact) mass is 168 g/mol. The topological polar surface area (TPSA) is 17.1 Å². The van der Waals surface area contributed by atoms with Crippen LogP contribution in [0.15, 0.2) is 0 Å². The van der Waals surface area contributed by atoms with Gasteiger partial charge in [0, 0.05) is 5.41 Å². The van der Waals surface area contributed by atoms with Crippen LogP contribution in [0.3, 0.4) is 0 Å². The van der Waals surface area contributed by atoms with Gasteiger partial charge in [0.1, 0.15) is 5.78 Å². The fraction of sp³-hybridized carbons (Fsp3) is 0.909. The molecule has 0 aromatic heterocycles.